The van der Waals surface area contributed by atoms with Gasteiger partial charge in [0, 0.05) is 24.9 Å². The Hall–Kier alpha value is -3.30. The molecule has 39 heavy (non-hydrogen) atoms. The molecule has 0 radical (unpaired) electrons. The van der Waals surface area contributed by atoms with E-state index >= 15 is 0 Å². The Kier molecular flexibility index (Phi) is 11.6. The van der Waals surface area contributed by atoms with Crippen LogP contribution in [0.15, 0.2) is 42.5 Å². The zero-order valence-electron chi connectivity index (χ0n) is 22.9. The van der Waals surface area contributed by atoms with Crippen molar-refractivity contribution in [2.75, 3.05) is 19.6 Å². The summed E-state index contributed by atoms with van der Waals surface area (Å²) in [6.45, 7) is 6.01. The summed E-state index contributed by atoms with van der Waals surface area (Å²) in [5, 5.41) is 4.91. The first-order chi connectivity index (χ1) is 18.1. The van der Waals surface area contributed by atoms with Crippen molar-refractivity contribution < 1.29 is 24.0 Å². The monoisotopic (exact) mass is 558 g/mol. The van der Waals surface area contributed by atoms with Crippen LogP contribution in [0.2, 0.25) is 0 Å². The van der Waals surface area contributed by atoms with Crippen LogP contribution < -0.4 is 11.1 Å². The van der Waals surface area contributed by atoms with Gasteiger partial charge in [0.05, 0.1) is 0 Å². The van der Waals surface area contributed by atoms with Gasteiger partial charge >= 0.3 is 0 Å². The Morgan fingerprint density at radius 1 is 1.15 bits per heavy atom. The normalized spacial score (nSPS) is 15.8. The molecule has 1 saturated heterocycles. The van der Waals surface area contributed by atoms with Crippen LogP contribution in [0.5, 0.6) is 0 Å². The van der Waals surface area contributed by atoms with Crippen molar-refractivity contribution in [1.29, 1.82) is 0 Å². The van der Waals surface area contributed by atoms with E-state index in [1.807, 2.05) is 42.5 Å². The molecule has 1 fully saturated rings. The van der Waals surface area contributed by atoms with E-state index in [2.05, 4.69) is 5.32 Å². The number of hydrogen-bond acceptors (Lipinski definition) is 6. The van der Waals surface area contributed by atoms with E-state index in [0.717, 1.165) is 16.3 Å². The maximum Gasteiger partial charge on any atom is 0.299 e. The van der Waals surface area contributed by atoms with E-state index in [4.69, 9.17) is 5.73 Å². The van der Waals surface area contributed by atoms with Crippen LogP contribution >= 0.6 is 12.4 Å². The average Bonchev–Trinajstić information content (AvgIpc) is 3.41. The van der Waals surface area contributed by atoms with Crippen LogP contribution in [0, 0.1) is 5.41 Å². The van der Waals surface area contributed by atoms with Gasteiger partial charge in [-0.3, -0.25) is 24.0 Å². The highest BCUT2D eigenvalue weighted by molar-refractivity contribution is 6.64. The van der Waals surface area contributed by atoms with Gasteiger partial charge in [-0.2, -0.15) is 0 Å². The molecule has 1 unspecified atom stereocenters. The minimum atomic E-state index is -1.09. The lowest BCUT2D eigenvalue weighted by molar-refractivity contribution is -0.156. The highest BCUT2D eigenvalue weighted by Crippen LogP contribution is 2.27. The lowest BCUT2D eigenvalue weighted by Crippen LogP contribution is -2.58. The second kappa shape index (κ2) is 14.2. The summed E-state index contributed by atoms with van der Waals surface area (Å²) in [5.74, 6) is -3.14. The lowest BCUT2D eigenvalue weighted by Gasteiger charge is -2.37. The summed E-state index contributed by atoms with van der Waals surface area (Å²) in [5.41, 5.74) is 5.46. The molecular weight excluding hydrogens is 520 g/mol. The minimum Gasteiger partial charge on any atom is -0.354 e. The molecule has 3 rings (SSSR count). The second-order valence-electron chi connectivity index (χ2n) is 10.4. The van der Waals surface area contributed by atoms with Crippen LogP contribution in [0.25, 0.3) is 10.8 Å². The number of benzene rings is 2. The number of Topliss-reactive ketones (excluding diaryl/α,β-unsaturated/α-hetero) is 2. The average molecular weight is 559 g/mol. The fraction of sp³-hybridized carbons (Fsp3) is 0.483. The summed E-state index contributed by atoms with van der Waals surface area (Å²) in [4.78, 5) is 67.2. The number of ketones is 2. The standard InChI is InChI=1S/C29H38N4O5.ClH/c1-4-29(2,3)26(36)25(35)28(38)32-16-7-11-24(32)33(19-34)23(27(37)31-15-8-14-30)18-20-12-13-21-9-5-6-10-22(21)17-20;/h5-6,9-10,12-13,17,19,23-24H,4,7-8,11,14-16,18,30H2,1-3H3,(H,31,37);1H/t23-,24?;/m1./s1. The summed E-state index contributed by atoms with van der Waals surface area (Å²) in [6, 6.07) is 12.8. The molecule has 0 saturated carbocycles. The number of likely N-dealkylation sites (tertiary alicyclic amines) is 1. The maximum atomic E-state index is 13.4. The van der Waals surface area contributed by atoms with E-state index in [1.54, 1.807) is 20.8 Å². The molecule has 212 valence electrons. The van der Waals surface area contributed by atoms with Gasteiger partial charge in [0.25, 0.3) is 11.7 Å². The lowest BCUT2D eigenvalue weighted by atomic mass is 9.83. The molecule has 0 aromatic heterocycles. The third-order valence-corrected chi connectivity index (χ3v) is 7.43. The smallest absolute Gasteiger partial charge is 0.299 e. The molecule has 0 aliphatic carbocycles. The number of rotatable bonds is 13. The fourth-order valence-corrected chi connectivity index (χ4v) is 4.70. The molecule has 3 amide bonds. The van der Waals surface area contributed by atoms with Gasteiger partial charge in [0.15, 0.2) is 0 Å². The molecule has 0 bridgehead atoms. The van der Waals surface area contributed by atoms with Gasteiger partial charge in [-0.15, -0.1) is 12.4 Å². The Morgan fingerprint density at radius 2 is 1.85 bits per heavy atom. The summed E-state index contributed by atoms with van der Waals surface area (Å²) in [7, 11) is 0. The Morgan fingerprint density at radius 3 is 2.49 bits per heavy atom. The molecule has 10 heteroatoms. The van der Waals surface area contributed by atoms with Crippen molar-refractivity contribution in [2.45, 2.75) is 65.1 Å². The van der Waals surface area contributed by atoms with Crippen LogP contribution in [0.1, 0.15) is 52.0 Å². The number of carbonyl (C=O) groups excluding carboxylic acids is 5. The third kappa shape index (κ3) is 7.42. The first-order valence-electron chi connectivity index (χ1n) is 13.2. The molecule has 2 aromatic rings. The number of carbonyl (C=O) groups is 5. The van der Waals surface area contributed by atoms with Crippen LogP contribution in [-0.2, 0) is 30.4 Å². The predicted octanol–water partition coefficient (Wildman–Crippen LogP) is 2.62. The van der Waals surface area contributed by atoms with Gasteiger partial charge in [-0.05, 0) is 48.6 Å². The van der Waals surface area contributed by atoms with Crippen molar-refractivity contribution in [3.05, 3.63) is 48.0 Å². The molecule has 1 aliphatic rings. The molecule has 2 aromatic carbocycles. The molecular formula is C29H39ClN4O5. The van der Waals surface area contributed by atoms with E-state index < -0.39 is 35.1 Å². The van der Waals surface area contributed by atoms with E-state index in [-0.39, 0.29) is 31.3 Å². The topological polar surface area (TPSA) is 130 Å². The van der Waals surface area contributed by atoms with Crippen LogP contribution in [0.4, 0.5) is 0 Å². The van der Waals surface area contributed by atoms with Gasteiger partial charge in [0.1, 0.15) is 12.2 Å². The van der Waals surface area contributed by atoms with Crippen molar-refractivity contribution in [2.24, 2.45) is 11.1 Å². The Balaban J connectivity index is 0.00000533. The number of amides is 3. The van der Waals surface area contributed by atoms with E-state index in [9.17, 15) is 24.0 Å². The fourth-order valence-electron chi connectivity index (χ4n) is 4.70. The largest absolute Gasteiger partial charge is 0.354 e. The van der Waals surface area contributed by atoms with Crippen molar-refractivity contribution in [1.82, 2.24) is 15.1 Å². The number of hydrogen-bond donors (Lipinski definition) is 2. The predicted molar refractivity (Wildman–Crippen MR) is 152 cm³/mol. The van der Waals surface area contributed by atoms with Crippen molar-refractivity contribution >= 4 is 53.0 Å². The number of nitrogens with one attached hydrogen (secondary N) is 1. The molecule has 3 N–H and O–H groups in total. The number of halogens is 1. The maximum absolute atomic E-state index is 13.4. The summed E-state index contributed by atoms with van der Waals surface area (Å²) >= 11 is 0. The highest BCUT2D eigenvalue weighted by Gasteiger charge is 2.43. The zero-order chi connectivity index (χ0) is 27.9. The SMILES string of the molecule is CCC(C)(C)C(=O)C(=O)C(=O)N1CCCC1N(C=O)[C@H](Cc1ccc2ccccc2c1)C(=O)NCCCN.Cl. The van der Waals surface area contributed by atoms with Crippen LogP contribution in [-0.4, -0.2) is 71.4 Å². The summed E-state index contributed by atoms with van der Waals surface area (Å²) < 4.78 is 0. The number of nitrogens with zero attached hydrogens (tertiary/aromatic N) is 2. The van der Waals surface area contributed by atoms with E-state index in [1.165, 1.54) is 9.80 Å². The number of nitrogens with two attached hydrogens (primary N) is 1. The molecule has 1 heterocycles. The summed E-state index contributed by atoms with van der Waals surface area (Å²) in [6.07, 6.45) is 1.88. The zero-order valence-corrected chi connectivity index (χ0v) is 23.7. The molecule has 0 spiro atoms. The highest BCUT2D eigenvalue weighted by atomic mass is 35.5. The molecule has 1 aliphatic heterocycles. The second-order valence-corrected chi connectivity index (χ2v) is 10.4. The quantitative estimate of drug-likeness (QED) is 0.168. The molecule has 9 nitrogen and oxygen atoms in total. The van der Waals surface area contributed by atoms with Gasteiger partial charge < -0.3 is 20.9 Å². The first-order valence-corrected chi connectivity index (χ1v) is 13.2. The third-order valence-electron chi connectivity index (χ3n) is 7.43. The minimum absolute atomic E-state index is 0. The first kappa shape index (κ1) is 31.9. The van der Waals surface area contributed by atoms with Gasteiger partial charge in [-0.1, -0.05) is 63.2 Å². The Bertz CT molecular complexity index is 1200. The van der Waals surface area contributed by atoms with Crippen LogP contribution in [0.3, 0.4) is 0 Å². The van der Waals surface area contributed by atoms with E-state index in [0.29, 0.717) is 45.2 Å². The van der Waals surface area contributed by atoms with Gasteiger partial charge in [-0.25, -0.2) is 0 Å². The molecule has 2 atom stereocenters. The van der Waals surface area contributed by atoms with Gasteiger partial charge in [0.2, 0.25) is 18.1 Å². The Labute approximate surface area is 235 Å². The number of fused-ring (bicyclic) bond motifs is 1. The van der Waals surface area contributed by atoms with Crippen molar-refractivity contribution in [3.63, 3.8) is 0 Å². The van der Waals surface area contributed by atoms with Crippen molar-refractivity contribution in [3.8, 4) is 0 Å².